The van der Waals surface area contributed by atoms with Crippen LogP contribution in [0.4, 0.5) is 0 Å². The van der Waals surface area contributed by atoms with Crippen LogP contribution in [-0.4, -0.2) is 33.1 Å². The van der Waals surface area contributed by atoms with E-state index in [1.165, 1.54) is 0 Å². The molecule has 154 valence electrons. The van der Waals surface area contributed by atoms with Crippen LogP contribution in [0.2, 0.25) is 0 Å². The van der Waals surface area contributed by atoms with Gasteiger partial charge >= 0.3 is 0 Å². The van der Waals surface area contributed by atoms with Crippen molar-refractivity contribution in [3.63, 3.8) is 0 Å². The molecule has 0 bridgehead atoms. The third-order valence-electron chi connectivity index (χ3n) is 4.67. The smallest absolute Gasteiger partial charge is 0.231 e. The molecule has 0 saturated carbocycles. The molecule has 7 heteroatoms. The van der Waals surface area contributed by atoms with Gasteiger partial charge in [-0.15, -0.1) is 0 Å². The number of hydrogen-bond donors (Lipinski definition) is 0. The van der Waals surface area contributed by atoms with Gasteiger partial charge in [0.15, 0.2) is 11.5 Å². The SMILES string of the molecule is CCOc1ccc(Cc2nc(-c3cccc(-c4ccnn4C)c3)no2)cc1OCC. The molecule has 2 aromatic carbocycles. The first-order valence-corrected chi connectivity index (χ1v) is 9.97. The fourth-order valence-electron chi connectivity index (χ4n) is 3.30. The van der Waals surface area contributed by atoms with Crippen molar-refractivity contribution in [2.75, 3.05) is 13.2 Å². The predicted octanol–water partition coefficient (Wildman–Crippen LogP) is 4.53. The molecule has 4 rings (SSSR count). The van der Waals surface area contributed by atoms with Crippen molar-refractivity contribution in [1.82, 2.24) is 19.9 Å². The lowest BCUT2D eigenvalue weighted by atomic mass is 10.1. The van der Waals surface area contributed by atoms with Gasteiger partial charge in [0.05, 0.1) is 25.3 Å². The molecule has 0 unspecified atom stereocenters. The standard InChI is InChI=1S/C23H24N4O3/c1-4-28-20-10-9-16(13-21(20)29-5-2)14-22-25-23(26-30-22)18-8-6-7-17(15-18)19-11-12-24-27(19)3/h6-13,15H,4-5,14H2,1-3H3. The lowest BCUT2D eigenvalue weighted by molar-refractivity contribution is 0.287. The lowest BCUT2D eigenvalue weighted by Gasteiger charge is -2.11. The number of benzene rings is 2. The Morgan fingerprint density at radius 3 is 2.50 bits per heavy atom. The summed E-state index contributed by atoms with van der Waals surface area (Å²) in [6, 6.07) is 15.9. The van der Waals surface area contributed by atoms with E-state index in [4.69, 9.17) is 14.0 Å². The zero-order chi connectivity index (χ0) is 20.9. The largest absolute Gasteiger partial charge is 0.490 e. The van der Waals surface area contributed by atoms with Crippen LogP contribution in [0.3, 0.4) is 0 Å². The molecule has 0 N–H and O–H groups in total. The van der Waals surface area contributed by atoms with E-state index >= 15 is 0 Å². The second kappa shape index (κ2) is 8.82. The van der Waals surface area contributed by atoms with Crippen LogP contribution in [0.15, 0.2) is 59.3 Å². The number of nitrogens with zero attached hydrogens (tertiary/aromatic N) is 4. The van der Waals surface area contributed by atoms with E-state index in [0.29, 0.717) is 31.3 Å². The Bertz CT molecular complexity index is 1130. The van der Waals surface area contributed by atoms with Crippen LogP contribution in [0.5, 0.6) is 11.5 Å². The van der Waals surface area contributed by atoms with E-state index in [1.807, 2.05) is 74.1 Å². The fraction of sp³-hybridized carbons (Fsp3) is 0.261. The van der Waals surface area contributed by atoms with E-state index in [0.717, 1.165) is 33.9 Å². The number of ether oxygens (including phenoxy) is 2. The van der Waals surface area contributed by atoms with Crippen molar-refractivity contribution in [3.8, 4) is 34.1 Å². The molecule has 0 amide bonds. The third kappa shape index (κ3) is 4.20. The molecule has 0 spiro atoms. The number of hydrogen-bond acceptors (Lipinski definition) is 6. The lowest BCUT2D eigenvalue weighted by Crippen LogP contribution is -1.99. The number of rotatable bonds is 8. The highest BCUT2D eigenvalue weighted by atomic mass is 16.5. The highest BCUT2D eigenvalue weighted by Crippen LogP contribution is 2.30. The molecule has 0 aliphatic rings. The van der Waals surface area contributed by atoms with Crippen molar-refractivity contribution < 1.29 is 14.0 Å². The van der Waals surface area contributed by atoms with Gasteiger partial charge in [0, 0.05) is 24.4 Å². The minimum atomic E-state index is 0.515. The highest BCUT2D eigenvalue weighted by Gasteiger charge is 2.13. The number of aryl methyl sites for hydroxylation is 1. The topological polar surface area (TPSA) is 75.2 Å². The molecular formula is C23H24N4O3. The second-order valence-corrected chi connectivity index (χ2v) is 6.76. The first-order chi connectivity index (χ1) is 14.7. The summed E-state index contributed by atoms with van der Waals surface area (Å²) in [7, 11) is 1.92. The third-order valence-corrected chi connectivity index (χ3v) is 4.67. The van der Waals surface area contributed by atoms with Crippen molar-refractivity contribution >= 4 is 0 Å². The van der Waals surface area contributed by atoms with Gasteiger partial charge in [-0.3, -0.25) is 4.68 Å². The zero-order valence-electron chi connectivity index (χ0n) is 17.3. The van der Waals surface area contributed by atoms with Crippen LogP contribution in [0, 0.1) is 0 Å². The molecule has 0 radical (unpaired) electrons. The van der Waals surface area contributed by atoms with Gasteiger partial charge in [0.1, 0.15) is 0 Å². The Morgan fingerprint density at radius 2 is 1.73 bits per heavy atom. The average Bonchev–Trinajstić information content (AvgIpc) is 3.39. The van der Waals surface area contributed by atoms with Gasteiger partial charge in [0.2, 0.25) is 11.7 Å². The molecule has 0 fully saturated rings. The summed E-state index contributed by atoms with van der Waals surface area (Å²) in [6.45, 7) is 5.06. The minimum absolute atomic E-state index is 0.515. The quantitative estimate of drug-likeness (QED) is 0.430. The van der Waals surface area contributed by atoms with Crippen LogP contribution in [0.25, 0.3) is 22.6 Å². The summed E-state index contributed by atoms with van der Waals surface area (Å²) in [5.41, 5.74) is 3.98. The molecule has 7 nitrogen and oxygen atoms in total. The normalized spacial score (nSPS) is 10.9. The van der Waals surface area contributed by atoms with E-state index < -0.39 is 0 Å². The molecule has 2 heterocycles. The van der Waals surface area contributed by atoms with Gasteiger partial charge < -0.3 is 14.0 Å². The average molecular weight is 404 g/mol. The molecule has 0 atom stereocenters. The van der Waals surface area contributed by atoms with E-state index in [2.05, 4.69) is 15.2 Å². The van der Waals surface area contributed by atoms with Crippen molar-refractivity contribution in [2.24, 2.45) is 7.05 Å². The first-order valence-electron chi connectivity index (χ1n) is 9.97. The molecule has 4 aromatic rings. The van der Waals surface area contributed by atoms with Gasteiger partial charge in [-0.05, 0) is 43.7 Å². The Labute approximate surface area is 175 Å². The van der Waals surface area contributed by atoms with Gasteiger partial charge in [-0.1, -0.05) is 29.4 Å². The Balaban J connectivity index is 1.55. The minimum Gasteiger partial charge on any atom is -0.490 e. The van der Waals surface area contributed by atoms with Crippen LogP contribution in [0.1, 0.15) is 25.3 Å². The van der Waals surface area contributed by atoms with Crippen molar-refractivity contribution in [1.29, 1.82) is 0 Å². The van der Waals surface area contributed by atoms with Crippen molar-refractivity contribution in [2.45, 2.75) is 20.3 Å². The van der Waals surface area contributed by atoms with Gasteiger partial charge in [-0.2, -0.15) is 10.1 Å². The molecule has 2 aromatic heterocycles. The molecule has 0 saturated heterocycles. The predicted molar refractivity (Wildman–Crippen MR) is 114 cm³/mol. The molecular weight excluding hydrogens is 380 g/mol. The monoisotopic (exact) mass is 404 g/mol. The summed E-state index contributed by atoms with van der Waals surface area (Å²) >= 11 is 0. The first kappa shape index (κ1) is 19.7. The van der Waals surface area contributed by atoms with Crippen molar-refractivity contribution in [3.05, 3.63) is 66.2 Å². The number of aromatic nitrogens is 4. The van der Waals surface area contributed by atoms with E-state index in [9.17, 15) is 0 Å². The van der Waals surface area contributed by atoms with Crippen LogP contribution < -0.4 is 9.47 Å². The maximum absolute atomic E-state index is 5.70. The Kier molecular flexibility index (Phi) is 5.79. The molecule has 0 aliphatic heterocycles. The highest BCUT2D eigenvalue weighted by molar-refractivity contribution is 5.67. The summed E-state index contributed by atoms with van der Waals surface area (Å²) in [4.78, 5) is 4.58. The second-order valence-electron chi connectivity index (χ2n) is 6.76. The maximum Gasteiger partial charge on any atom is 0.231 e. The Hall–Kier alpha value is -3.61. The molecule has 0 aliphatic carbocycles. The summed E-state index contributed by atoms with van der Waals surface area (Å²) in [5.74, 6) is 2.56. The van der Waals surface area contributed by atoms with Crippen LogP contribution in [-0.2, 0) is 13.5 Å². The fourth-order valence-corrected chi connectivity index (χ4v) is 3.30. The summed E-state index contributed by atoms with van der Waals surface area (Å²) in [5, 5.41) is 8.40. The zero-order valence-corrected chi connectivity index (χ0v) is 17.3. The summed E-state index contributed by atoms with van der Waals surface area (Å²) < 4.78 is 18.7. The van der Waals surface area contributed by atoms with Gasteiger partial charge in [0.25, 0.3) is 0 Å². The van der Waals surface area contributed by atoms with E-state index in [1.54, 1.807) is 6.20 Å². The van der Waals surface area contributed by atoms with Gasteiger partial charge in [-0.25, -0.2) is 0 Å². The van der Waals surface area contributed by atoms with Crippen LogP contribution >= 0.6 is 0 Å². The summed E-state index contributed by atoms with van der Waals surface area (Å²) in [6.07, 6.45) is 2.29. The maximum atomic E-state index is 5.70. The molecule has 30 heavy (non-hydrogen) atoms. The van der Waals surface area contributed by atoms with E-state index in [-0.39, 0.29) is 0 Å². The Morgan fingerprint density at radius 1 is 0.933 bits per heavy atom.